The zero-order valence-electron chi connectivity index (χ0n) is 16.3. The summed E-state index contributed by atoms with van der Waals surface area (Å²) >= 11 is 5.93. The molecule has 0 aliphatic rings. The SMILES string of the molecule is COc1ccc(Cl)cc1NC(=O)CN(C)CC(=O)NCc1cc([N+](=O)[O-])ccc1O. The lowest BCUT2D eigenvalue weighted by Gasteiger charge is -2.17. The lowest BCUT2D eigenvalue weighted by molar-refractivity contribution is -0.384. The van der Waals surface area contributed by atoms with Gasteiger partial charge in [-0.3, -0.25) is 24.6 Å². The van der Waals surface area contributed by atoms with E-state index in [0.717, 1.165) is 0 Å². The van der Waals surface area contributed by atoms with E-state index in [0.29, 0.717) is 16.5 Å². The molecular formula is C19H21ClN4O6. The summed E-state index contributed by atoms with van der Waals surface area (Å²) in [6, 6.07) is 8.36. The van der Waals surface area contributed by atoms with Crippen LogP contribution in [-0.2, 0) is 16.1 Å². The van der Waals surface area contributed by atoms with Crippen LogP contribution in [0.1, 0.15) is 5.56 Å². The Morgan fingerprint density at radius 3 is 2.57 bits per heavy atom. The maximum atomic E-state index is 12.2. The van der Waals surface area contributed by atoms with E-state index in [4.69, 9.17) is 16.3 Å². The van der Waals surface area contributed by atoms with Gasteiger partial charge in [-0.1, -0.05) is 11.6 Å². The third-order valence-corrected chi connectivity index (χ3v) is 4.25. The van der Waals surface area contributed by atoms with Crippen molar-refractivity contribution in [3.8, 4) is 11.5 Å². The molecule has 0 fully saturated rings. The predicted molar refractivity (Wildman–Crippen MR) is 111 cm³/mol. The predicted octanol–water partition coefficient (Wildman–Crippen LogP) is 2.15. The number of nitrogens with zero attached hydrogens (tertiary/aromatic N) is 2. The summed E-state index contributed by atoms with van der Waals surface area (Å²) in [5, 5.41) is 26.3. The number of hydrogen-bond donors (Lipinski definition) is 3. The second kappa shape index (κ2) is 10.4. The zero-order valence-corrected chi connectivity index (χ0v) is 17.1. The molecule has 11 heteroatoms. The van der Waals surface area contributed by atoms with E-state index >= 15 is 0 Å². The van der Waals surface area contributed by atoms with Gasteiger partial charge in [-0.2, -0.15) is 0 Å². The van der Waals surface area contributed by atoms with Gasteiger partial charge in [-0.05, 0) is 31.3 Å². The van der Waals surface area contributed by atoms with Crippen LogP contribution < -0.4 is 15.4 Å². The van der Waals surface area contributed by atoms with Crippen LogP contribution in [0.3, 0.4) is 0 Å². The number of amides is 2. The zero-order chi connectivity index (χ0) is 22.3. The topological polar surface area (TPSA) is 134 Å². The Kier molecular flexibility index (Phi) is 7.96. The molecule has 0 spiro atoms. The number of rotatable bonds is 9. The van der Waals surface area contributed by atoms with Gasteiger partial charge in [0, 0.05) is 29.3 Å². The van der Waals surface area contributed by atoms with Gasteiger partial charge in [-0.15, -0.1) is 0 Å². The van der Waals surface area contributed by atoms with Crippen LogP contribution in [0.25, 0.3) is 0 Å². The highest BCUT2D eigenvalue weighted by atomic mass is 35.5. The van der Waals surface area contributed by atoms with Crippen LogP contribution in [0, 0.1) is 10.1 Å². The Bertz CT molecular complexity index is 953. The minimum Gasteiger partial charge on any atom is -0.508 e. The Hall–Kier alpha value is -3.37. The van der Waals surface area contributed by atoms with E-state index < -0.39 is 10.8 Å². The number of nitro benzene ring substituents is 1. The summed E-state index contributed by atoms with van der Waals surface area (Å²) in [5.74, 6) is -0.507. The van der Waals surface area contributed by atoms with Crippen molar-refractivity contribution in [2.24, 2.45) is 0 Å². The molecule has 0 heterocycles. The molecule has 2 rings (SSSR count). The van der Waals surface area contributed by atoms with Gasteiger partial charge in [0.1, 0.15) is 11.5 Å². The summed E-state index contributed by atoms with van der Waals surface area (Å²) in [7, 11) is 3.05. The Balaban J connectivity index is 1.86. The van der Waals surface area contributed by atoms with Crippen LogP contribution in [0.15, 0.2) is 36.4 Å². The van der Waals surface area contributed by atoms with Crippen LogP contribution >= 0.6 is 11.6 Å². The molecule has 160 valence electrons. The Morgan fingerprint density at radius 1 is 1.20 bits per heavy atom. The number of aromatic hydroxyl groups is 1. The lowest BCUT2D eigenvalue weighted by atomic mass is 10.2. The molecule has 2 amide bonds. The fourth-order valence-corrected chi connectivity index (χ4v) is 2.76. The number of likely N-dealkylation sites (N-methyl/N-ethyl adjacent to an activating group) is 1. The third kappa shape index (κ3) is 6.61. The van der Waals surface area contributed by atoms with Gasteiger partial charge in [0.15, 0.2) is 0 Å². The normalized spacial score (nSPS) is 10.5. The molecule has 0 aliphatic carbocycles. The van der Waals surface area contributed by atoms with E-state index in [1.165, 1.54) is 30.2 Å². The molecule has 0 saturated carbocycles. The van der Waals surface area contributed by atoms with E-state index in [9.17, 15) is 24.8 Å². The van der Waals surface area contributed by atoms with Gasteiger partial charge < -0.3 is 20.5 Å². The quantitative estimate of drug-likeness (QED) is 0.405. The summed E-state index contributed by atoms with van der Waals surface area (Å²) in [6.45, 7) is -0.271. The number of halogens is 1. The number of anilines is 1. The van der Waals surface area contributed by atoms with Crippen LogP contribution in [0.2, 0.25) is 5.02 Å². The fraction of sp³-hybridized carbons (Fsp3) is 0.263. The van der Waals surface area contributed by atoms with Crippen molar-refractivity contribution in [2.75, 3.05) is 32.6 Å². The molecule has 0 radical (unpaired) electrons. The minimum atomic E-state index is -0.591. The molecule has 3 N–H and O–H groups in total. The molecular weight excluding hydrogens is 416 g/mol. The molecule has 10 nitrogen and oxygen atoms in total. The summed E-state index contributed by atoms with van der Waals surface area (Å²) in [6.07, 6.45) is 0. The molecule has 0 atom stereocenters. The number of nitrogens with one attached hydrogen (secondary N) is 2. The molecule has 0 bridgehead atoms. The standard InChI is InChI=1S/C19H21ClN4O6/c1-23(11-19(27)22-15-8-13(20)3-6-17(15)30-2)10-18(26)21-9-12-7-14(24(28)29)4-5-16(12)25/h3-8,25H,9-11H2,1-2H3,(H,21,26)(H,22,27). The van der Waals surface area contributed by atoms with Gasteiger partial charge in [0.05, 0.1) is 30.8 Å². The number of phenols is 1. The molecule has 30 heavy (non-hydrogen) atoms. The fourth-order valence-electron chi connectivity index (χ4n) is 2.59. The first-order valence-electron chi connectivity index (χ1n) is 8.74. The largest absolute Gasteiger partial charge is 0.508 e. The monoisotopic (exact) mass is 436 g/mol. The maximum absolute atomic E-state index is 12.2. The number of non-ortho nitro benzene ring substituents is 1. The van der Waals surface area contributed by atoms with Crippen LogP contribution in [0.4, 0.5) is 11.4 Å². The van der Waals surface area contributed by atoms with Gasteiger partial charge in [0.25, 0.3) is 5.69 Å². The van der Waals surface area contributed by atoms with Crippen molar-refractivity contribution in [1.29, 1.82) is 0 Å². The Labute approximate surface area is 177 Å². The first-order valence-corrected chi connectivity index (χ1v) is 9.12. The van der Waals surface area contributed by atoms with E-state index in [-0.39, 0.29) is 42.5 Å². The average molecular weight is 437 g/mol. The lowest BCUT2D eigenvalue weighted by Crippen LogP contribution is -2.38. The van der Waals surface area contributed by atoms with Crippen LogP contribution in [0.5, 0.6) is 11.5 Å². The van der Waals surface area contributed by atoms with Crippen molar-refractivity contribution in [3.05, 3.63) is 57.1 Å². The molecule has 2 aromatic rings. The number of benzene rings is 2. The molecule has 0 saturated heterocycles. The van der Waals surface area contributed by atoms with Gasteiger partial charge in [-0.25, -0.2) is 0 Å². The highest BCUT2D eigenvalue weighted by Crippen LogP contribution is 2.27. The first-order chi connectivity index (χ1) is 14.2. The summed E-state index contributed by atoms with van der Waals surface area (Å²) in [5.41, 5.74) is 0.433. The maximum Gasteiger partial charge on any atom is 0.270 e. The second-order valence-corrected chi connectivity index (χ2v) is 6.85. The first kappa shape index (κ1) is 22.9. The molecule has 0 aromatic heterocycles. The third-order valence-electron chi connectivity index (χ3n) is 4.01. The van der Waals surface area contributed by atoms with E-state index in [2.05, 4.69) is 10.6 Å². The number of nitro groups is 1. The number of methoxy groups -OCH3 is 1. The highest BCUT2D eigenvalue weighted by Gasteiger charge is 2.15. The van der Waals surface area contributed by atoms with Gasteiger partial charge >= 0.3 is 0 Å². The highest BCUT2D eigenvalue weighted by molar-refractivity contribution is 6.31. The smallest absolute Gasteiger partial charge is 0.270 e. The average Bonchev–Trinajstić information content (AvgIpc) is 2.67. The molecule has 2 aromatic carbocycles. The number of ether oxygens (including phenoxy) is 1. The Morgan fingerprint density at radius 2 is 1.90 bits per heavy atom. The van der Waals surface area contributed by atoms with Crippen molar-refractivity contribution in [2.45, 2.75) is 6.54 Å². The summed E-state index contributed by atoms with van der Waals surface area (Å²) in [4.78, 5) is 36.0. The van der Waals surface area contributed by atoms with Crippen molar-refractivity contribution in [1.82, 2.24) is 10.2 Å². The number of carbonyl (C=O) groups is 2. The van der Waals surface area contributed by atoms with E-state index in [1.807, 2.05) is 0 Å². The minimum absolute atomic E-state index is 0.0782. The number of hydrogen-bond acceptors (Lipinski definition) is 7. The number of carbonyl (C=O) groups excluding carboxylic acids is 2. The van der Waals surface area contributed by atoms with Gasteiger partial charge in [0.2, 0.25) is 11.8 Å². The number of phenolic OH excluding ortho intramolecular Hbond substituents is 1. The van der Waals surface area contributed by atoms with Crippen molar-refractivity contribution in [3.63, 3.8) is 0 Å². The van der Waals surface area contributed by atoms with Crippen molar-refractivity contribution >= 4 is 34.8 Å². The second-order valence-electron chi connectivity index (χ2n) is 6.41. The molecule has 0 unspecified atom stereocenters. The van der Waals surface area contributed by atoms with E-state index in [1.54, 1.807) is 25.2 Å². The van der Waals surface area contributed by atoms with Crippen molar-refractivity contribution < 1.29 is 24.4 Å². The summed E-state index contributed by atoms with van der Waals surface area (Å²) < 4.78 is 5.16. The molecule has 0 aliphatic heterocycles. The van der Waals surface area contributed by atoms with Crippen LogP contribution in [-0.4, -0.2) is 54.0 Å².